The molecule has 0 aliphatic heterocycles. The van der Waals surface area contributed by atoms with Gasteiger partial charge in [0.2, 0.25) is 0 Å². The van der Waals surface area contributed by atoms with Crippen LogP contribution in [0.15, 0.2) is 36.5 Å². The highest BCUT2D eigenvalue weighted by Gasteiger charge is 2.31. The summed E-state index contributed by atoms with van der Waals surface area (Å²) in [5.74, 6) is -1.51. The van der Waals surface area contributed by atoms with Crippen LogP contribution >= 0.6 is 0 Å². The Kier molecular flexibility index (Phi) is 32.0. The number of carbonyl (C=O) groups excluding carboxylic acids is 2. The van der Waals surface area contributed by atoms with Crippen LogP contribution in [0, 0.1) is 0 Å². The van der Waals surface area contributed by atoms with E-state index in [1.807, 2.05) is 21.1 Å². The Labute approximate surface area is 306 Å². The number of carboxylic acids is 1. The Morgan fingerprint density at radius 2 is 1.12 bits per heavy atom. The van der Waals surface area contributed by atoms with Gasteiger partial charge in [-0.05, 0) is 64.2 Å². The predicted octanol–water partition coefficient (Wildman–Crippen LogP) is 10.3. The summed E-state index contributed by atoms with van der Waals surface area (Å²) in [4.78, 5) is 36.8. The first kappa shape index (κ1) is 47.5. The van der Waals surface area contributed by atoms with Crippen LogP contribution < -0.4 is 0 Å². The van der Waals surface area contributed by atoms with Crippen LogP contribution in [0.3, 0.4) is 0 Å². The molecular formula is C42H76NO7+. The summed E-state index contributed by atoms with van der Waals surface area (Å²) < 4.78 is 17.2. The minimum absolute atomic E-state index is 0.0510. The molecule has 0 spiro atoms. The third kappa shape index (κ3) is 31.5. The van der Waals surface area contributed by atoms with E-state index >= 15 is 0 Å². The van der Waals surface area contributed by atoms with Crippen LogP contribution in [0.4, 0.5) is 0 Å². The van der Waals surface area contributed by atoms with E-state index in [9.17, 15) is 19.5 Å². The van der Waals surface area contributed by atoms with Gasteiger partial charge in [-0.2, -0.15) is 0 Å². The Bertz CT molecular complexity index is 922. The van der Waals surface area contributed by atoms with Gasteiger partial charge in [0.1, 0.15) is 6.61 Å². The Morgan fingerprint density at radius 1 is 0.620 bits per heavy atom. The number of carbonyl (C=O) groups is 3. The molecule has 2 unspecified atom stereocenters. The number of quaternary nitrogens is 1. The summed E-state index contributed by atoms with van der Waals surface area (Å²) in [6, 6.07) is -0.617. The van der Waals surface area contributed by atoms with Crippen molar-refractivity contribution in [2.45, 2.75) is 174 Å². The Morgan fingerprint density at radius 3 is 1.68 bits per heavy atom. The first-order valence-corrected chi connectivity index (χ1v) is 20.0. The van der Waals surface area contributed by atoms with Crippen LogP contribution in [-0.2, 0) is 28.6 Å². The standard InChI is InChI=1S/C42H75NO7/c1-6-8-10-12-14-16-18-20-21-23-24-26-28-30-32-40(44)49-37-38(36-48-35-34-39(42(46)47)43(3,4)5)50-41(45)33-31-29-27-25-22-19-17-15-13-11-9-7-2/h9,11,15,17,21,23,38-39H,6-8,10,12-14,16,18-20,22,24-37H2,1-5H3/p+1/b11-9+,17-15+,23-21+. The maximum atomic E-state index is 12.6. The first-order chi connectivity index (χ1) is 24.1. The van der Waals surface area contributed by atoms with E-state index in [0.29, 0.717) is 19.3 Å². The molecule has 0 bridgehead atoms. The van der Waals surface area contributed by atoms with Crippen LogP contribution in [0.5, 0.6) is 0 Å². The number of aliphatic carboxylic acids is 1. The highest BCUT2D eigenvalue weighted by molar-refractivity contribution is 5.72. The van der Waals surface area contributed by atoms with E-state index in [1.165, 1.54) is 44.9 Å². The van der Waals surface area contributed by atoms with Crippen molar-refractivity contribution in [3.8, 4) is 0 Å². The largest absolute Gasteiger partial charge is 0.477 e. The number of esters is 2. The second-order valence-electron chi connectivity index (χ2n) is 14.5. The number of hydrogen-bond acceptors (Lipinski definition) is 6. The molecule has 8 heteroatoms. The minimum atomic E-state index is -0.881. The highest BCUT2D eigenvalue weighted by atomic mass is 16.6. The average Bonchev–Trinajstić information content (AvgIpc) is 3.06. The number of rotatable bonds is 35. The van der Waals surface area contributed by atoms with Gasteiger partial charge < -0.3 is 23.8 Å². The molecule has 290 valence electrons. The van der Waals surface area contributed by atoms with E-state index in [4.69, 9.17) is 14.2 Å². The van der Waals surface area contributed by atoms with Crippen molar-refractivity contribution in [3.63, 3.8) is 0 Å². The van der Waals surface area contributed by atoms with Gasteiger partial charge in [-0.1, -0.05) is 115 Å². The first-order valence-electron chi connectivity index (χ1n) is 20.0. The molecule has 2 atom stereocenters. The van der Waals surface area contributed by atoms with Crippen LogP contribution in [0.1, 0.15) is 162 Å². The van der Waals surface area contributed by atoms with E-state index in [0.717, 1.165) is 83.5 Å². The zero-order valence-corrected chi connectivity index (χ0v) is 32.8. The van der Waals surface area contributed by atoms with Gasteiger partial charge in [0.25, 0.3) is 0 Å². The SMILES string of the molecule is CC/C=C/C/C=C/CCCCCCCC(=O)OC(COCCC(C(=O)O)[N+](C)(C)C)COC(=O)CCCCC/C=C/CCCCCCCCC. The Balaban J connectivity index is 4.43. The van der Waals surface area contributed by atoms with E-state index in [2.05, 4.69) is 50.3 Å². The molecule has 0 amide bonds. The zero-order valence-electron chi connectivity index (χ0n) is 32.8. The molecule has 50 heavy (non-hydrogen) atoms. The number of nitrogens with zero attached hydrogens (tertiary/aromatic N) is 1. The van der Waals surface area contributed by atoms with Crippen LogP contribution in [-0.4, -0.2) is 80.6 Å². The van der Waals surface area contributed by atoms with E-state index < -0.39 is 18.1 Å². The summed E-state index contributed by atoms with van der Waals surface area (Å²) >= 11 is 0. The fourth-order valence-electron chi connectivity index (χ4n) is 5.65. The molecule has 0 rings (SSSR count). The lowest BCUT2D eigenvalue weighted by molar-refractivity contribution is -0.887. The number of likely N-dealkylation sites (N-methyl/N-ethyl adjacent to an activating group) is 1. The third-order valence-corrected chi connectivity index (χ3v) is 8.77. The summed E-state index contributed by atoms with van der Waals surface area (Å²) in [7, 11) is 5.51. The van der Waals surface area contributed by atoms with Crippen molar-refractivity contribution < 1.29 is 38.2 Å². The van der Waals surface area contributed by atoms with Crippen molar-refractivity contribution in [3.05, 3.63) is 36.5 Å². The van der Waals surface area contributed by atoms with Crippen molar-refractivity contribution in [1.82, 2.24) is 0 Å². The second kappa shape index (κ2) is 33.7. The maximum Gasteiger partial charge on any atom is 0.362 e. The second-order valence-corrected chi connectivity index (χ2v) is 14.5. The number of hydrogen-bond donors (Lipinski definition) is 1. The summed E-state index contributed by atoms with van der Waals surface area (Å²) in [5.41, 5.74) is 0. The van der Waals surface area contributed by atoms with Gasteiger partial charge in [-0.15, -0.1) is 0 Å². The predicted molar refractivity (Wildman–Crippen MR) is 206 cm³/mol. The average molecular weight is 707 g/mol. The van der Waals surface area contributed by atoms with Crippen molar-refractivity contribution >= 4 is 17.9 Å². The summed E-state index contributed by atoms with van der Waals surface area (Å²) in [6.07, 6.45) is 36.1. The Hall–Kier alpha value is -2.45. The lowest BCUT2D eigenvalue weighted by Gasteiger charge is -2.31. The van der Waals surface area contributed by atoms with Crippen LogP contribution in [0.25, 0.3) is 0 Å². The van der Waals surface area contributed by atoms with Gasteiger partial charge >= 0.3 is 17.9 Å². The molecule has 0 aliphatic carbocycles. The lowest BCUT2D eigenvalue weighted by atomic mass is 10.1. The van der Waals surface area contributed by atoms with Crippen molar-refractivity contribution in [1.29, 1.82) is 0 Å². The quantitative estimate of drug-likeness (QED) is 0.0303. The fraction of sp³-hybridized carbons (Fsp3) is 0.786. The summed E-state index contributed by atoms with van der Waals surface area (Å²) in [5, 5.41) is 9.58. The van der Waals surface area contributed by atoms with Gasteiger partial charge in [0.15, 0.2) is 12.1 Å². The smallest absolute Gasteiger partial charge is 0.362 e. The molecule has 0 fully saturated rings. The molecule has 0 aromatic rings. The molecule has 8 nitrogen and oxygen atoms in total. The minimum Gasteiger partial charge on any atom is -0.477 e. The number of carboxylic acid groups (broad SMARTS) is 1. The zero-order chi connectivity index (χ0) is 37.1. The molecule has 0 aliphatic rings. The molecule has 0 radical (unpaired) electrons. The fourth-order valence-corrected chi connectivity index (χ4v) is 5.65. The van der Waals surface area contributed by atoms with Gasteiger partial charge in [0.05, 0.1) is 34.4 Å². The van der Waals surface area contributed by atoms with Gasteiger partial charge in [-0.25, -0.2) is 4.79 Å². The molecule has 0 heterocycles. The third-order valence-electron chi connectivity index (χ3n) is 8.77. The van der Waals surface area contributed by atoms with Gasteiger partial charge in [-0.3, -0.25) is 9.59 Å². The number of ether oxygens (including phenoxy) is 3. The van der Waals surface area contributed by atoms with E-state index in [-0.39, 0.29) is 36.2 Å². The molecule has 1 N–H and O–H groups in total. The van der Waals surface area contributed by atoms with E-state index in [1.54, 1.807) is 0 Å². The monoisotopic (exact) mass is 707 g/mol. The lowest BCUT2D eigenvalue weighted by Crippen LogP contribution is -2.50. The highest BCUT2D eigenvalue weighted by Crippen LogP contribution is 2.13. The van der Waals surface area contributed by atoms with Crippen molar-refractivity contribution in [2.24, 2.45) is 0 Å². The van der Waals surface area contributed by atoms with Gasteiger partial charge in [0, 0.05) is 19.3 Å². The molecular weight excluding hydrogens is 630 g/mol. The maximum absolute atomic E-state index is 12.6. The molecule has 0 aromatic heterocycles. The van der Waals surface area contributed by atoms with Crippen LogP contribution in [0.2, 0.25) is 0 Å². The summed E-state index contributed by atoms with van der Waals surface area (Å²) in [6.45, 7) is 4.58. The molecule has 0 aromatic carbocycles. The topological polar surface area (TPSA) is 99.1 Å². The number of allylic oxidation sites excluding steroid dienone is 6. The molecule has 0 saturated carbocycles. The normalized spacial score (nSPS) is 13.4. The number of unbranched alkanes of at least 4 members (excludes halogenated alkanes) is 15. The molecule has 0 saturated heterocycles. The van der Waals surface area contributed by atoms with Crippen molar-refractivity contribution in [2.75, 3.05) is 41.0 Å².